The molecule has 0 amide bonds. The van der Waals surface area contributed by atoms with Crippen molar-refractivity contribution in [3.8, 4) is 10.6 Å². The van der Waals surface area contributed by atoms with E-state index in [9.17, 15) is 0 Å². The van der Waals surface area contributed by atoms with Gasteiger partial charge >= 0.3 is 0 Å². The van der Waals surface area contributed by atoms with Crippen molar-refractivity contribution in [3.63, 3.8) is 0 Å². The summed E-state index contributed by atoms with van der Waals surface area (Å²) in [6, 6.07) is 4.13. The minimum Gasteiger partial charge on any atom is -0.367 e. The molecule has 0 saturated heterocycles. The Morgan fingerprint density at radius 1 is 1.50 bits per heavy atom. The Balaban J connectivity index is 2.51. The average molecular weight is 208 g/mol. The second-order valence-corrected chi connectivity index (χ2v) is 4.43. The number of nitrogens with two attached hydrogens (primary N) is 1. The first-order valence-electron chi connectivity index (χ1n) is 4.53. The molecule has 2 heterocycles. The molecule has 0 atom stereocenters. The number of aryl methyl sites for hydroxylation is 1. The number of hydrogen-bond donors (Lipinski definition) is 1. The second kappa shape index (κ2) is 3.46. The molecule has 0 unspecified atom stereocenters. The van der Waals surface area contributed by atoms with E-state index in [0.29, 0.717) is 5.88 Å². The van der Waals surface area contributed by atoms with Gasteiger partial charge in [0, 0.05) is 10.4 Å². The van der Waals surface area contributed by atoms with Crippen molar-refractivity contribution in [3.05, 3.63) is 22.6 Å². The maximum absolute atomic E-state index is 5.67. The largest absolute Gasteiger partial charge is 0.367 e. The normalized spacial score (nSPS) is 10.7. The van der Waals surface area contributed by atoms with Crippen molar-refractivity contribution in [1.82, 2.24) is 5.16 Å². The highest BCUT2D eigenvalue weighted by molar-refractivity contribution is 7.15. The number of thiophene rings is 1. The lowest BCUT2D eigenvalue weighted by Gasteiger charge is -1.93. The first kappa shape index (κ1) is 9.27. The molecule has 0 aliphatic carbocycles. The molecular weight excluding hydrogens is 196 g/mol. The highest BCUT2D eigenvalue weighted by Gasteiger charge is 2.14. The van der Waals surface area contributed by atoms with Gasteiger partial charge in [0.2, 0.25) is 5.88 Å². The predicted octanol–water partition coefficient (Wildman–Crippen LogP) is 2.86. The quantitative estimate of drug-likeness (QED) is 0.825. The van der Waals surface area contributed by atoms with Crippen LogP contribution in [0.3, 0.4) is 0 Å². The van der Waals surface area contributed by atoms with Gasteiger partial charge < -0.3 is 10.3 Å². The van der Waals surface area contributed by atoms with E-state index < -0.39 is 0 Å². The van der Waals surface area contributed by atoms with Gasteiger partial charge in [-0.3, -0.25) is 0 Å². The van der Waals surface area contributed by atoms with Crippen LogP contribution in [0.25, 0.3) is 10.6 Å². The lowest BCUT2D eigenvalue weighted by atomic mass is 10.1. The molecule has 2 aromatic heterocycles. The summed E-state index contributed by atoms with van der Waals surface area (Å²) in [6.45, 7) is 4.12. The van der Waals surface area contributed by atoms with Crippen LogP contribution in [0.2, 0.25) is 0 Å². The van der Waals surface area contributed by atoms with Gasteiger partial charge in [-0.2, -0.15) is 0 Å². The monoisotopic (exact) mass is 208 g/mol. The Labute approximate surface area is 86.5 Å². The van der Waals surface area contributed by atoms with E-state index >= 15 is 0 Å². The number of nitrogens with zero attached hydrogens (tertiary/aromatic N) is 1. The molecule has 74 valence electrons. The lowest BCUT2D eigenvalue weighted by Crippen LogP contribution is -1.88. The molecule has 3 nitrogen and oxygen atoms in total. The zero-order valence-electron chi connectivity index (χ0n) is 8.20. The van der Waals surface area contributed by atoms with Crippen LogP contribution in [0.5, 0.6) is 0 Å². The molecule has 0 aliphatic heterocycles. The first-order chi connectivity index (χ1) is 6.72. The van der Waals surface area contributed by atoms with Crippen LogP contribution in [-0.2, 0) is 6.42 Å². The topological polar surface area (TPSA) is 52.0 Å². The summed E-state index contributed by atoms with van der Waals surface area (Å²) >= 11 is 1.71. The first-order valence-corrected chi connectivity index (χ1v) is 5.35. The fourth-order valence-electron chi connectivity index (χ4n) is 1.42. The molecule has 2 N–H and O–H groups in total. The summed E-state index contributed by atoms with van der Waals surface area (Å²) in [5, 5.41) is 3.98. The summed E-state index contributed by atoms with van der Waals surface area (Å²) in [6.07, 6.45) is 0.849. The molecule has 0 aliphatic rings. The van der Waals surface area contributed by atoms with E-state index in [-0.39, 0.29) is 0 Å². The third-order valence-corrected chi connectivity index (χ3v) is 3.15. The number of hydrogen-bond acceptors (Lipinski definition) is 4. The molecule has 0 saturated carbocycles. The zero-order valence-corrected chi connectivity index (χ0v) is 9.02. The summed E-state index contributed by atoms with van der Waals surface area (Å²) in [4.78, 5) is 2.39. The van der Waals surface area contributed by atoms with Crippen LogP contribution < -0.4 is 5.73 Å². The van der Waals surface area contributed by atoms with Crippen LogP contribution in [0, 0.1) is 6.92 Å². The van der Waals surface area contributed by atoms with E-state index in [1.54, 1.807) is 11.3 Å². The predicted molar refractivity (Wildman–Crippen MR) is 58.3 cm³/mol. The Hall–Kier alpha value is -1.29. The molecule has 14 heavy (non-hydrogen) atoms. The fourth-order valence-corrected chi connectivity index (χ4v) is 2.30. The summed E-state index contributed by atoms with van der Waals surface area (Å²) < 4.78 is 4.98. The van der Waals surface area contributed by atoms with Crippen LogP contribution in [0.4, 0.5) is 5.88 Å². The smallest absolute Gasteiger partial charge is 0.225 e. The van der Waals surface area contributed by atoms with Crippen molar-refractivity contribution >= 4 is 17.2 Å². The van der Waals surface area contributed by atoms with Crippen LogP contribution in [0.15, 0.2) is 16.7 Å². The number of nitrogen functional groups attached to an aromatic ring is 1. The molecule has 0 radical (unpaired) electrons. The highest BCUT2D eigenvalue weighted by atomic mass is 32.1. The van der Waals surface area contributed by atoms with Crippen molar-refractivity contribution in [2.45, 2.75) is 20.3 Å². The molecule has 2 aromatic rings. The average Bonchev–Trinajstić information content (AvgIpc) is 2.71. The van der Waals surface area contributed by atoms with Crippen molar-refractivity contribution in [2.75, 3.05) is 5.73 Å². The SMILES string of the molecule is CCc1c(-c2ccc(C)s2)noc1N. The van der Waals surface area contributed by atoms with Crippen molar-refractivity contribution in [1.29, 1.82) is 0 Å². The Morgan fingerprint density at radius 2 is 2.29 bits per heavy atom. The Morgan fingerprint density at radius 3 is 2.86 bits per heavy atom. The van der Waals surface area contributed by atoms with Gasteiger partial charge in [0.15, 0.2) is 0 Å². The van der Waals surface area contributed by atoms with E-state index in [1.165, 1.54) is 4.88 Å². The summed E-state index contributed by atoms with van der Waals surface area (Å²) in [5.41, 5.74) is 7.57. The number of rotatable bonds is 2. The fraction of sp³-hybridized carbons (Fsp3) is 0.300. The third kappa shape index (κ3) is 1.42. The van der Waals surface area contributed by atoms with Gasteiger partial charge in [-0.25, -0.2) is 0 Å². The second-order valence-electron chi connectivity index (χ2n) is 3.14. The van der Waals surface area contributed by atoms with Gasteiger partial charge in [-0.15, -0.1) is 11.3 Å². The Kier molecular flexibility index (Phi) is 2.29. The van der Waals surface area contributed by atoms with E-state index in [4.69, 9.17) is 10.3 Å². The third-order valence-electron chi connectivity index (χ3n) is 2.15. The summed E-state index contributed by atoms with van der Waals surface area (Å²) in [7, 11) is 0. The molecule has 0 spiro atoms. The lowest BCUT2D eigenvalue weighted by molar-refractivity contribution is 0.439. The van der Waals surface area contributed by atoms with Crippen molar-refractivity contribution in [2.24, 2.45) is 0 Å². The maximum atomic E-state index is 5.67. The number of anilines is 1. The van der Waals surface area contributed by atoms with Gasteiger partial charge in [0.25, 0.3) is 0 Å². The highest BCUT2D eigenvalue weighted by Crippen LogP contribution is 2.32. The number of aromatic nitrogens is 1. The van der Waals surface area contributed by atoms with Crippen molar-refractivity contribution < 1.29 is 4.52 Å². The molecule has 4 heteroatoms. The molecular formula is C10H12N2OS. The molecule has 0 fully saturated rings. The zero-order chi connectivity index (χ0) is 10.1. The van der Waals surface area contributed by atoms with Crippen LogP contribution in [-0.4, -0.2) is 5.16 Å². The van der Waals surface area contributed by atoms with Crippen LogP contribution >= 0.6 is 11.3 Å². The van der Waals surface area contributed by atoms with Gasteiger partial charge in [0.1, 0.15) is 5.69 Å². The van der Waals surface area contributed by atoms with Crippen LogP contribution in [0.1, 0.15) is 17.4 Å². The minimum absolute atomic E-state index is 0.438. The standard InChI is InChI=1S/C10H12N2OS/c1-3-7-9(12-13-10(7)11)8-5-4-6(2)14-8/h4-5H,3,11H2,1-2H3. The molecule has 0 bridgehead atoms. The summed E-state index contributed by atoms with van der Waals surface area (Å²) in [5.74, 6) is 0.438. The van der Waals surface area contributed by atoms with Gasteiger partial charge in [-0.1, -0.05) is 12.1 Å². The Bertz CT molecular complexity index is 445. The minimum atomic E-state index is 0.438. The van der Waals surface area contributed by atoms with Gasteiger partial charge in [-0.05, 0) is 25.5 Å². The van der Waals surface area contributed by atoms with E-state index in [2.05, 4.69) is 24.2 Å². The van der Waals surface area contributed by atoms with E-state index in [1.807, 2.05) is 6.92 Å². The van der Waals surface area contributed by atoms with Gasteiger partial charge in [0.05, 0.1) is 4.88 Å². The molecule has 0 aromatic carbocycles. The molecule has 2 rings (SSSR count). The maximum Gasteiger partial charge on any atom is 0.225 e. The van der Waals surface area contributed by atoms with E-state index in [0.717, 1.165) is 22.6 Å².